The third-order valence-electron chi connectivity index (χ3n) is 12.8. The number of nitrogens with zero attached hydrogens (tertiary/aromatic N) is 7. The number of anilines is 2. The molecule has 330 valence electrons. The van der Waals surface area contributed by atoms with Crippen LogP contribution in [0.2, 0.25) is 0 Å². The van der Waals surface area contributed by atoms with E-state index in [2.05, 4.69) is 39.6 Å². The smallest absolute Gasteiger partial charge is 0.318 e. The Morgan fingerprint density at radius 3 is 2.52 bits per heavy atom. The summed E-state index contributed by atoms with van der Waals surface area (Å²) < 4.78 is 18.7. The number of carbonyl (C=O) groups is 4. The molecule has 5 aliphatic rings. The normalized spacial score (nSPS) is 20.1. The number of phenols is 1. The van der Waals surface area contributed by atoms with E-state index >= 15 is 0 Å². The van der Waals surface area contributed by atoms with E-state index in [4.69, 9.17) is 24.2 Å². The second kappa shape index (κ2) is 18.2. The number of amides is 4. The quantitative estimate of drug-likeness (QED) is 0.113. The SMILES string of the molecule is C=CC(=O)N1CCN(c2nc(O[C@H](C)CN3CCC(OCCOc4ccc5c(c4)CN(C4CCC(=O)NC4=O)C5=O)CC3)nc3c2CCN(c2cc(O)cc4ccccc24)C3)CC1. The molecule has 3 aromatic carbocycles. The van der Waals surface area contributed by atoms with Crippen LogP contribution < -0.4 is 24.6 Å². The van der Waals surface area contributed by atoms with Crippen molar-refractivity contribution in [2.75, 3.05) is 75.4 Å². The number of rotatable bonds is 13. The number of nitrogens with one attached hydrogen (secondary N) is 1. The summed E-state index contributed by atoms with van der Waals surface area (Å²) >= 11 is 0. The summed E-state index contributed by atoms with van der Waals surface area (Å²) in [5.41, 5.74) is 4.30. The fourth-order valence-electron chi connectivity index (χ4n) is 9.57. The number of imide groups is 1. The zero-order valence-electron chi connectivity index (χ0n) is 35.7. The number of hydrogen-bond acceptors (Lipinski definition) is 13. The Kier molecular flexibility index (Phi) is 12.2. The maximum atomic E-state index is 13.0. The lowest BCUT2D eigenvalue weighted by Crippen LogP contribution is -2.52. The first kappa shape index (κ1) is 42.1. The fraction of sp³-hybridized carbons (Fsp3) is 0.447. The average molecular weight is 859 g/mol. The molecule has 2 atom stereocenters. The molecule has 0 radical (unpaired) electrons. The minimum atomic E-state index is -0.651. The van der Waals surface area contributed by atoms with Crippen LogP contribution in [0.4, 0.5) is 11.5 Å². The van der Waals surface area contributed by atoms with Crippen LogP contribution in [0.1, 0.15) is 59.8 Å². The lowest BCUT2D eigenvalue weighted by Gasteiger charge is -2.38. The molecule has 0 aliphatic carbocycles. The maximum absolute atomic E-state index is 13.0. The number of hydrogen-bond donors (Lipinski definition) is 2. The van der Waals surface area contributed by atoms with Crippen molar-refractivity contribution in [1.29, 1.82) is 0 Å². The second-order valence-corrected chi connectivity index (χ2v) is 17.0. The molecule has 5 aliphatic heterocycles. The lowest BCUT2D eigenvalue weighted by molar-refractivity contribution is -0.137. The highest BCUT2D eigenvalue weighted by Gasteiger charge is 2.39. The van der Waals surface area contributed by atoms with Crippen molar-refractivity contribution < 1.29 is 38.5 Å². The van der Waals surface area contributed by atoms with Crippen molar-refractivity contribution in [2.45, 2.75) is 70.4 Å². The molecule has 0 saturated carbocycles. The molecule has 6 heterocycles. The first-order chi connectivity index (χ1) is 30.6. The van der Waals surface area contributed by atoms with Gasteiger partial charge in [-0.2, -0.15) is 9.97 Å². The summed E-state index contributed by atoms with van der Waals surface area (Å²) in [6, 6.07) is 16.7. The molecule has 3 saturated heterocycles. The van der Waals surface area contributed by atoms with Gasteiger partial charge in [0.2, 0.25) is 17.7 Å². The summed E-state index contributed by atoms with van der Waals surface area (Å²) in [5.74, 6) is 0.716. The average Bonchev–Trinajstić information content (AvgIpc) is 3.61. The van der Waals surface area contributed by atoms with Gasteiger partial charge in [0.15, 0.2) is 0 Å². The van der Waals surface area contributed by atoms with E-state index in [0.717, 1.165) is 78.0 Å². The van der Waals surface area contributed by atoms with Gasteiger partial charge < -0.3 is 38.9 Å². The standard InChI is InChI=1S/C47H54N8O8/c1-3-43(58)52-18-20-53(21-19-52)44-38-14-17-54(41-26-33(56)24-31-6-4-5-7-36(31)41)29-39(38)48-47(50-44)63-30(2)27-51-15-12-34(13-16-51)61-22-23-62-35-8-9-37-32(25-35)28-55(46(37)60)40-10-11-42(57)49-45(40)59/h3-9,24-26,30,34,40,56H,1,10-23,27-29H2,2H3,(H,49,57,59)/t30-,40?/m1/s1. The summed E-state index contributed by atoms with van der Waals surface area (Å²) in [7, 11) is 0. The number of aromatic nitrogens is 2. The van der Waals surface area contributed by atoms with E-state index in [1.807, 2.05) is 35.2 Å². The first-order valence-corrected chi connectivity index (χ1v) is 22.0. The van der Waals surface area contributed by atoms with E-state index in [0.29, 0.717) is 82.8 Å². The van der Waals surface area contributed by atoms with Crippen molar-refractivity contribution >= 4 is 45.9 Å². The van der Waals surface area contributed by atoms with E-state index in [9.17, 15) is 24.3 Å². The fourth-order valence-corrected chi connectivity index (χ4v) is 9.57. The number of fused-ring (bicyclic) bond motifs is 3. The molecule has 3 fully saturated rings. The van der Waals surface area contributed by atoms with Gasteiger partial charge in [-0.05, 0) is 73.9 Å². The zero-order valence-corrected chi connectivity index (χ0v) is 35.7. The van der Waals surface area contributed by atoms with Crippen molar-refractivity contribution in [3.05, 3.63) is 89.6 Å². The zero-order chi connectivity index (χ0) is 43.6. The minimum absolute atomic E-state index is 0.0640. The molecule has 16 nitrogen and oxygen atoms in total. The molecule has 4 amide bonds. The van der Waals surface area contributed by atoms with Gasteiger partial charge in [-0.25, -0.2) is 0 Å². The Morgan fingerprint density at radius 1 is 0.921 bits per heavy atom. The van der Waals surface area contributed by atoms with Crippen LogP contribution in [0, 0.1) is 0 Å². The molecule has 63 heavy (non-hydrogen) atoms. The van der Waals surface area contributed by atoms with Gasteiger partial charge in [0.25, 0.3) is 5.91 Å². The van der Waals surface area contributed by atoms with Gasteiger partial charge in [-0.1, -0.05) is 30.8 Å². The minimum Gasteiger partial charge on any atom is -0.508 e. The van der Waals surface area contributed by atoms with Crippen LogP contribution in [-0.4, -0.2) is 137 Å². The molecule has 0 bridgehead atoms. The van der Waals surface area contributed by atoms with Crippen LogP contribution in [-0.2, 0) is 38.6 Å². The number of ether oxygens (including phenoxy) is 3. The number of phenolic OH excluding ortho intramolecular Hbond substituents is 1. The Labute approximate surface area is 366 Å². The van der Waals surface area contributed by atoms with Crippen LogP contribution in [0.25, 0.3) is 10.8 Å². The Morgan fingerprint density at radius 2 is 1.73 bits per heavy atom. The molecule has 4 aromatic rings. The van der Waals surface area contributed by atoms with Gasteiger partial charge in [-0.3, -0.25) is 29.4 Å². The van der Waals surface area contributed by atoms with Crippen molar-refractivity contribution in [3.63, 3.8) is 0 Å². The van der Waals surface area contributed by atoms with Gasteiger partial charge in [-0.15, -0.1) is 0 Å². The summed E-state index contributed by atoms with van der Waals surface area (Å²) in [6.07, 6.45) is 4.32. The highest BCUT2D eigenvalue weighted by Crippen LogP contribution is 2.37. The lowest BCUT2D eigenvalue weighted by atomic mass is 10.0. The molecule has 1 aromatic heterocycles. The number of piperidine rings is 2. The van der Waals surface area contributed by atoms with Gasteiger partial charge >= 0.3 is 6.01 Å². The van der Waals surface area contributed by atoms with E-state index in [1.165, 1.54) is 11.0 Å². The maximum Gasteiger partial charge on any atom is 0.318 e. The molecule has 2 N–H and O–H groups in total. The molecule has 9 rings (SSSR count). The third-order valence-corrected chi connectivity index (χ3v) is 12.8. The highest BCUT2D eigenvalue weighted by molar-refractivity contribution is 6.05. The monoisotopic (exact) mass is 858 g/mol. The highest BCUT2D eigenvalue weighted by atomic mass is 16.5. The molecular formula is C47H54N8O8. The van der Waals surface area contributed by atoms with Crippen LogP contribution in [0.3, 0.4) is 0 Å². The van der Waals surface area contributed by atoms with E-state index < -0.39 is 11.9 Å². The predicted molar refractivity (Wildman–Crippen MR) is 235 cm³/mol. The second-order valence-electron chi connectivity index (χ2n) is 17.0. The number of piperazine rings is 1. The number of carbonyl (C=O) groups excluding carboxylic acids is 4. The predicted octanol–water partition coefficient (Wildman–Crippen LogP) is 3.82. The molecule has 1 unspecified atom stereocenters. The Hall–Kier alpha value is -6.26. The number of aromatic hydroxyl groups is 1. The van der Waals surface area contributed by atoms with Crippen LogP contribution >= 0.6 is 0 Å². The first-order valence-electron chi connectivity index (χ1n) is 22.0. The molecule has 0 spiro atoms. The topological polar surface area (TPSA) is 170 Å². The van der Waals surface area contributed by atoms with Gasteiger partial charge in [0.1, 0.15) is 36.1 Å². The largest absolute Gasteiger partial charge is 0.508 e. The molecule has 16 heteroatoms. The van der Waals surface area contributed by atoms with Gasteiger partial charge in [0.05, 0.1) is 24.9 Å². The Balaban J connectivity index is 0.781. The van der Waals surface area contributed by atoms with Crippen LogP contribution in [0.5, 0.6) is 17.5 Å². The van der Waals surface area contributed by atoms with Crippen molar-refractivity contribution in [3.8, 4) is 17.5 Å². The Bertz CT molecular complexity index is 2410. The summed E-state index contributed by atoms with van der Waals surface area (Å²) in [6.45, 7) is 13.0. The van der Waals surface area contributed by atoms with Gasteiger partial charge in [0, 0.05) is 93.6 Å². The van der Waals surface area contributed by atoms with E-state index in [-0.39, 0.29) is 42.1 Å². The summed E-state index contributed by atoms with van der Waals surface area (Å²) in [4.78, 5) is 69.7. The van der Waals surface area contributed by atoms with Crippen LogP contribution in [0.15, 0.2) is 67.3 Å². The third kappa shape index (κ3) is 9.14. The molecular weight excluding hydrogens is 805 g/mol. The number of benzene rings is 3. The van der Waals surface area contributed by atoms with Crippen molar-refractivity contribution in [1.82, 2.24) is 30.0 Å². The van der Waals surface area contributed by atoms with E-state index in [1.54, 1.807) is 18.2 Å². The van der Waals surface area contributed by atoms with Crippen molar-refractivity contribution in [2.24, 2.45) is 0 Å². The summed E-state index contributed by atoms with van der Waals surface area (Å²) in [5, 5.41) is 15.0. The number of likely N-dealkylation sites (tertiary alicyclic amines) is 1.